The van der Waals surface area contributed by atoms with Gasteiger partial charge in [-0.25, -0.2) is 0 Å². The zero-order valence-corrected chi connectivity index (χ0v) is 23.3. The molecule has 4 rings (SSSR count). The van der Waals surface area contributed by atoms with E-state index in [0.717, 1.165) is 27.9 Å². The lowest BCUT2D eigenvalue weighted by atomic mass is 10.0. The molecule has 1 N–H and O–H groups in total. The summed E-state index contributed by atoms with van der Waals surface area (Å²) in [5.74, 6) is 0.316. The molecule has 1 heterocycles. The lowest BCUT2D eigenvalue weighted by Crippen LogP contribution is -2.27. The molecule has 0 radical (unpaired) electrons. The molecule has 1 aliphatic rings. The van der Waals surface area contributed by atoms with Crippen LogP contribution in [0.3, 0.4) is 0 Å². The van der Waals surface area contributed by atoms with Crippen molar-refractivity contribution < 1.29 is 23.9 Å². The van der Waals surface area contributed by atoms with Crippen LogP contribution in [0.4, 0.5) is 10.5 Å². The van der Waals surface area contributed by atoms with Gasteiger partial charge < -0.3 is 14.8 Å². The molecule has 0 aromatic heterocycles. The molecular formula is C31H29N3O5S. The van der Waals surface area contributed by atoms with Crippen LogP contribution >= 0.6 is 11.8 Å². The number of nitrogens with zero attached hydrogens (tertiary/aromatic N) is 2. The number of imide groups is 1. The molecule has 0 spiro atoms. The highest BCUT2D eigenvalue weighted by Gasteiger charge is 2.35. The third-order valence-corrected chi connectivity index (χ3v) is 7.03. The van der Waals surface area contributed by atoms with Crippen molar-refractivity contribution in [2.24, 2.45) is 0 Å². The summed E-state index contributed by atoms with van der Waals surface area (Å²) >= 11 is 0.841. The first-order valence-corrected chi connectivity index (χ1v) is 13.6. The average molecular weight is 556 g/mol. The lowest BCUT2D eigenvalue weighted by molar-refractivity contribution is -0.123. The molecule has 0 unspecified atom stereocenters. The van der Waals surface area contributed by atoms with E-state index in [2.05, 4.69) is 25.2 Å². The Morgan fingerprint density at radius 3 is 2.55 bits per heavy atom. The molecule has 0 saturated carbocycles. The highest BCUT2D eigenvalue weighted by molar-refractivity contribution is 8.18. The number of nitrogens with one attached hydrogen (secondary N) is 1. The third-order valence-electron chi connectivity index (χ3n) is 6.12. The van der Waals surface area contributed by atoms with Crippen LogP contribution in [-0.4, -0.2) is 35.2 Å². The zero-order valence-electron chi connectivity index (χ0n) is 22.5. The maximum Gasteiger partial charge on any atom is 0.293 e. The van der Waals surface area contributed by atoms with E-state index in [1.165, 1.54) is 0 Å². The number of hydrogen-bond donors (Lipinski definition) is 1. The van der Waals surface area contributed by atoms with Crippen molar-refractivity contribution in [1.82, 2.24) is 4.90 Å². The molecule has 1 fully saturated rings. The van der Waals surface area contributed by atoms with Crippen LogP contribution in [0.1, 0.15) is 48.9 Å². The van der Waals surface area contributed by atoms with Crippen LogP contribution in [0.15, 0.2) is 71.6 Å². The summed E-state index contributed by atoms with van der Waals surface area (Å²) in [4.78, 5) is 39.6. The number of carbonyl (C=O) groups is 3. The van der Waals surface area contributed by atoms with Crippen molar-refractivity contribution in [1.29, 1.82) is 5.26 Å². The SMILES string of the molecule is CCOc1cc(/C=C2/SC(=O)N(Cc3ccccc3C#N)C2=O)ccc1OCC(=O)Nc1ccccc1C(C)C. The Bertz CT molecular complexity index is 1510. The van der Waals surface area contributed by atoms with Gasteiger partial charge in [0.25, 0.3) is 17.1 Å². The van der Waals surface area contributed by atoms with Crippen molar-refractivity contribution in [3.8, 4) is 17.6 Å². The summed E-state index contributed by atoms with van der Waals surface area (Å²) in [5.41, 5.74) is 3.44. The predicted molar refractivity (Wildman–Crippen MR) is 155 cm³/mol. The van der Waals surface area contributed by atoms with Gasteiger partial charge in [0.2, 0.25) is 0 Å². The van der Waals surface area contributed by atoms with E-state index in [1.807, 2.05) is 31.2 Å². The Balaban J connectivity index is 1.46. The summed E-state index contributed by atoms with van der Waals surface area (Å²) < 4.78 is 11.5. The van der Waals surface area contributed by atoms with E-state index in [9.17, 15) is 19.6 Å². The number of rotatable bonds is 10. The second-order valence-corrected chi connectivity index (χ2v) is 10.2. The van der Waals surface area contributed by atoms with Gasteiger partial charge >= 0.3 is 0 Å². The fraction of sp³-hybridized carbons (Fsp3) is 0.226. The Morgan fingerprint density at radius 1 is 1.05 bits per heavy atom. The quantitative estimate of drug-likeness (QED) is 0.291. The van der Waals surface area contributed by atoms with Crippen molar-refractivity contribution in [2.75, 3.05) is 18.5 Å². The summed E-state index contributed by atoms with van der Waals surface area (Å²) in [6.07, 6.45) is 1.61. The molecule has 3 amide bonds. The smallest absolute Gasteiger partial charge is 0.293 e. The van der Waals surface area contributed by atoms with E-state index in [4.69, 9.17) is 9.47 Å². The van der Waals surface area contributed by atoms with E-state index in [1.54, 1.807) is 48.5 Å². The fourth-order valence-electron chi connectivity index (χ4n) is 4.17. The first kappa shape index (κ1) is 28.5. The third kappa shape index (κ3) is 6.71. The van der Waals surface area contributed by atoms with Crippen LogP contribution in [0, 0.1) is 11.3 Å². The topological polar surface area (TPSA) is 109 Å². The summed E-state index contributed by atoms with van der Waals surface area (Å²) in [5, 5.41) is 11.8. The van der Waals surface area contributed by atoms with Gasteiger partial charge in [-0.1, -0.05) is 56.3 Å². The van der Waals surface area contributed by atoms with Gasteiger partial charge in [-0.2, -0.15) is 5.26 Å². The van der Waals surface area contributed by atoms with Crippen LogP contribution in [0.5, 0.6) is 11.5 Å². The molecule has 9 heteroatoms. The Hall–Kier alpha value is -4.55. The standard InChI is InChI=1S/C31H29N3O5S/c1-4-38-27-15-21(13-14-26(27)39-19-29(35)33-25-12-8-7-11-24(25)20(2)3)16-28-30(36)34(31(37)40-28)18-23-10-6-5-9-22(23)17-32/h5-16,20H,4,18-19H2,1-3H3,(H,33,35)/b28-16+. The Kier molecular flexibility index (Phi) is 9.25. The fourth-order valence-corrected chi connectivity index (χ4v) is 5.01. The van der Waals surface area contributed by atoms with E-state index < -0.39 is 11.1 Å². The highest BCUT2D eigenvalue weighted by atomic mass is 32.2. The highest BCUT2D eigenvalue weighted by Crippen LogP contribution is 2.35. The van der Waals surface area contributed by atoms with Crippen molar-refractivity contribution in [3.63, 3.8) is 0 Å². The summed E-state index contributed by atoms with van der Waals surface area (Å²) in [6, 6.07) is 21.7. The van der Waals surface area contributed by atoms with Gasteiger partial charge in [-0.15, -0.1) is 0 Å². The lowest BCUT2D eigenvalue weighted by Gasteiger charge is -2.15. The van der Waals surface area contributed by atoms with Crippen molar-refractivity contribution in [3.05, 3.63) is 93.9 Å². The van der Waals surface area contributed by atoms with Crippen LogP contribution in [-0.2, 0) is 16.1 Å². The molecule has 0 aliphatic carbocycles. The number of para-hydroxylation sites is 1. The molecule has 0 atom stereocenters. The number of ether oxygens (including phenoxy) is 2. The maximum atomic E-state index is 13.0. The second-order valence-electron chi connectivity index (χ2n) is 9.25. The second kappa shape index (κ2) is 13.0. The molecule has 40 heavy (non-hydrogen) atoms. The van der Waals surface area contributed by atoms with Gasteiger partial charge in [0, 0.05) is 5.69 Å². The van der Waals surface area contributed by atoms with Gasteiger partial charge in [0.05, 0.1) is 29.7 Å². The van der Waals surface area contributed by atoms with Crippen LogP contribution in [0.2, 0.25) is 0 Å². The number of benzene rings is 3. The van der Waals surface area contributed by atoms with Crippen LogP contribution < -0.4 is 14.8 Å². The predicted octanol–water partition coefficient (Wildman–Crippen LogP) is 6.33. The molecule has 0 bridgehead atoms. The summed E-state index contributed by atoms with van der Waals surface area (Å²) in [6.45, 7) is 6.12. The van der Waals surface area contributed by atoms with E-state index in [0.29, 0.717) is 34.8 Å². The van der Waals surface area contributed by atoms with Crippen LogP contribution in [0.25, 0.3) is 6.08 Å². The monoisotopic (exact) mass is 555 g/mol. The van der Waals surface area contributed by atoms with E-state index >= 15 is 0 Å². The Morgan fingerprint density at radius 2 is 1.80 bits per heavy atom. The normalized spacial score (nSPS) is 14.0. The number of anilines is 1. The minimum atomic E-state index is -0.431. The zero-order chi connectivity index (χ0) is 28.6. The number of carbonyl (C=O) groups excluding carboxylic acids is 3. The molecule has 8 nitrogen and oxygen atoms in total. The minimum absolute atomic E-state index is 0.0203. The maximum absolute atomic E-state index is 13.0. The first-order valence-electron chi connectivity index (χ1n) is 12.8. The van der Waals surface area contributed by atoms with Gasteiger partial charge in [0.15, 0.2) is 18.1 Å². The molecule has 204 valence electrons. The molecule has 3 aromatic rings. The molecule has 1 saturated heterocycles. The average Bonchev–Trinajstić information content (AvgIpc) is 3.20. The van der Waals surface area contributed by atoms with E-state index in [-0.39, 0.29) is 29.9 Å². The van der Waals surface area contributed by atoms with Gasteiger partial charge in [-0.3, -0.25) is 19.3 Å². The molecule has 3 aromatic carbocycles. The van der Waals surface area contributed by atoms with Crippen molar-refractivity contribution in [2.45, 2.75) is 33.2 Å². The van der Waals surface area contributed by atoms with Gasteiger partial charge in [0.1, 0.15) is 0 Å². The van der Waals surface area contributed by atoms with Gasteiger partial charge in [-0.05, 0) is 71.6 Å². The molecule has 1 aliphatic heterocycles. The number of amides is 3. The summed E-state index contributed by atoms with van der Waals surface area (Å²) in [7, 11) is 0. The van der Waals surface area contributed by atoms with Crippen molar-refractivity contribution >= 4 is 40.6 Å². The Labute approximate surface area is 237 Å². The largest absolute Gasteiger partial charge is 0.490 e. The minimum Gasteiger partial charge on any atom is -0.490 e. The number of hydrogen-bond acceptors (Lipinski definition) is 7. The first-order chi connectivity index (χ1) is 19.3. The number of nitriles is 1. The molecular weight excluding hydrogens is 526 g/mol. The number of thioether (sulfide) groups is 1.